The van der Waals surface area contributed by atoms with Crippen molar-refractivity contribution in [2.24, 2.45) is 5.92 Å². The molecule has 0 radical (unpaired) electrons. The summed E-state index contributed by atoms with van der Waals surface area (Å²) in [5.41, 5.74) is 5.93. The molecule has 1 saturated carbocycles. The van der Waals surface area contributed by atoms with Crippen LogP contribution in [-0.2, 0) is 0 Å². The summed E-state index contributed by atoms with van der Waals surface area (Å²) in [6.07, 6.45) is 3.53. The molecule has 0 atom stereocenters. The predicted molar refractivity (Wildman–Crippen MR) is 63.3 cm³/mol. The molecule has 0 saturated heterocycles. The Morgan fingerprint density at radius 2 is 2.31 bits per heavy atom. The molecule has 5 heteroatoms. The first kappa shape index (κ1) is 11.2. The lowest BCUT2D eigenvalue weighted by atomic mass is 9.82. The topological polar surface area (TPSA) is 68.0 Å². The molecular weight excluding hydrogens is 226 g/mol. The number of nitrogens with one attached hydrogen (secondary N) is 1. The molecule has 4 nitrogen and oxygen atoms in total. The second-order valence-electron chi connectivity index (χ2n) is 4.34. The fraction of sp³-hybridized carbons (Fsp3) is 0.455. The van der Waals surface area contributed by atoms with Crippen LogP contribution >= 0.6 is 11.6 Å². The summed E-state index contributed by atoms with van der Waals surface area (Å²) in [7, 11) is 0. The van der Waals surface area contributed by atoms with Gasteiger partial charge in [-0.1, -0.05) is 18.5 Å². The number of nitrogens with two attached hydrogens (primary N) is 1. The third-order valence-electron chi connectivity index (χ3n) is 2.84. The number of nitrogen functional groups attached to an aromatic ring is 1. The monoisotopic (exact) mass is 239 g/mol. The van der Waals surface area contributed by atoms with Crippen LogP contribution < -0.4 is 11.1 Å². The van der Waals surface area contributed by atoms with Gasteiger partial charge < -0.3 is 11.1 Å². The van der Waals surface area contributed by atoms with Crippen molar-refractivity contribution in [1.82, 2.24) is 10.3 Å². The minimum atomic E-state index is -0.133. The van der Waals surface area contributed by atoms with Crippen molar-refractivity contribution in [2.45, 2.75) is 25.8 Å². The van der Waals surface area contributed by atoms with E-state index in [4.69, 9.17) is 17.3 Å². The number of carbonyl (C=O) groups excluding carboxylic acids is 1. The number of pyridine rings is 1. The zero-order chi connectivity index (χ0) is 11.7. The number of hydrogen-bond donors (Lipinski definition) is 2. The van der Waals surface area contributed by atoms with Crippen molar-refractivity contribution in [1.29, 1.82) is 0 Å². The Bertz CT molecular complexity index is 416. The van der Waals surface area contributed by atoms with Crippen LogP contribution in [0.4, 0.5) is 5.82 Å². The van der Waals surface area contributed by atoms with Crippen molar-refractivity contribution in [3.8, 4) is 0 Å². The smallest absolute Gasteiger partial charge is 0.253 e. The lowest BCUT2D eigenvalue weighted by Crippen LogP contribution is -2.43. The average Bonchev–Trinajstić information content (AvgIpc) is 2.19. The number of carbonyl (C=O) groups is 1. The van der Waals surface area contributed by atoms with Crippen LogP contribution in [-0.4, -0.2) is 16.9 Å². The van der Waals surface area contributed by atoms with Gasteiger partial charge in [-0.25, -0.2) is 4.98 Å². The van der Waals surface area contributed by atoms with Crippen molar-refractivity contribution >= 4 is 23.3 Å². The van der Waals surface area contributed by atoms with Gasteiger partial charge in [0.2, 0.25) is 0 Å². The normalized spacial score (nSPS) is 23.6. The highest BCUT2D eigenvalue weighted by Crippen LogP contribution is 2.26. The highest BCUT2D eigenvalue weighted by atomic mass is 35.5. The van der Waals surface area contributed by atoms with Crippen molar-refractivity contribution < 1.29 is 4.79 Å². The Labute approximate surface area is 99.2 Å². The van der Waals surface area contributed by atoms with Gasteiger partial charge >= 0.3 is 0 Å². The number of rotatable bonds is 2. The molecule has 0 aromatic carbocycles. The minimum Gasteiger partial charge on any atom is -0.382 e. The Morgan fingerprint density at radius 1 is 1.62 bits per heavy atom. The number of aromatic nitrogens is 1. The Hall–Kier alpha value is -1.29. The van der Waals surface area contributed by atoms with Gasteiger partial charge in [-0.2, -0.15) is 0 Å². The number of nitrogens with zero attached hydrogens (tertiary/aromatic N) is 1. The fourth-order valence-electron chi connectivity index (χ4n) is 1.86. The Kier molecular flexibility index (Phi) is 3.01. The lowest BCUT2D eigenvalue weighted by molar-refractivity contribution is 0.0896. The van der Waals surface area contributed by atoms with Gasteiger partial charge in [-0.3, -0.25) is 4.79 Å². The van der Waals surface area contributed by atoms with Gasteiger partial charge in [0, 0.05) is 12.2 Å². The van der Waals surface area contributed by atoms with Crippen LogP contribution in [0.5, 0.6) is 0 Å². The maximum absolute atomic E-state index is 11.8. The molecule has 1 aliphatic rings. The summed E-state index contributed by atoms with van der Waals surface area (Å²) in [5, 5.41) is 3.25. The number of halogens is 1. The first-order valence-electron chi connectivity index (χ1n) is 5.28. The molecule has 0 aliphatic heterocycles. The van der Waals surface area contributed by atoms with E-state index in [2.05, 4.69) is 17.2 Å². The number of amides is 1. The van der Waals surface area contributed by atoms with E-state index in [-0.39, 0.29) is 11.7 Å². The number of anilines is 1. The molecule has 86 valence electrons. The lowest BCUT2D eigenvalue weighted by Gasteiger charge is -2.33. The molecule has 1 amide bonds. The van der Waals surface area contributed by atoms with E-state index in [1.807, 2.05) is 0 Å². The second-order valence-corrected chi connectivity index (χ2v) is 4.75. The van der Waals surface area contributed by atoms with Gasteiger partial charge in [-0.15, -0.1) is 0 Å². The summed E-state index contributed by atoms with van der Waals surface area (Å²) in [6.45, 7) is 2.17. The maximum Gasteiger partial charge on any atom is 0.253 e. The SMILES string of the molecule is CC1CC(NC(=O)c2cnc(N)c(Cl)c2)C1. The van der Waals surface area contributed by atoms with Crippen LogP contribution in [0.25, 0.3) is 0 Å². The molecule has 0 spiro atoms. The second kappa shape index (κ2) is 4.29. The summed E-state index contributed by atoms with van der Waals surface area (Å²) in [6, 6.07) is 1.83. The summed E-state index contributed by atoms with van der Waals surface area (Å²) >= 11 is 5.80. The fourth-order valence-corrected chi connectivity index (χ4v) is 2.03. The average molecular weight is 240 g/mol. The maximum atomic E-state index is 11.8. The van der Waals surface area contributed by atoms with Crippen molar-refractivity contribution in [3.63, 3.8) is 0 Å². The predicted octanol–water partition coefficient (Wildman–Crippen LogP) is 1.85. The number of hydrogen-bond acceptors (Lipinski definition) is 3. The third kappa shape index (κ3) is 2.27. The van der Waals surface area contributed by atoms with E-state index < -0.39 is 0 Å². The molecule has 1 aromatic rings. The van der Waals surface area contributed by atoms with Crippen molar-refractivity contribution in [2.75, 3.05) is 5.73 Å². The molecule has 16 heavy (non-hydrogen) atoms. The molecule has 3 N–H and O–H groups in total. The van der Waals surface area contributed by atoms with Crippen LogP contribution in [0.1, 0.15) is 30.1 Å². The van der Waals surface area contributed by atoms with Crippen LogP contribution in [0.2, 0.25) is 5.02 Å². The molecule has 1 aromatic heterocycles. The zero-order valence-electron chi connectivity index (χ0n) is 9.03. The standard InChI is InChI=1S/C11H14ClN3O/c1-6-2-8(3-6)15-11(16)7-4-9(12)10(13)14-5-7/h4-6,8H,2-3H2,1H3,(H2,13,14)(H,15,16). The van der Waals surface area contributed by atoms with Gasteiger partial charge in [0.05, 0.1) is 10.6 Å². The summed E-state index contributed by atoms with van der Waals surface area (Å²) in [5.74, 6) is 0.820. The summed E-state index contributed by atoms with van der Waals surface area (Å²) < 4.78 is 0. The highest BCUT2D eigenvalue weighted by molar-refractivity contribution is 6.33. The highest BCUT2D eigenvalue weighted by Gasteiger charge is 2.26. The van der Waals surface area contributed by atoms with E-state index in [0.717, 1.165) is 12.8 Å². The van der Waals surface area contributed by atoms with Crippen LogP contribution in [0.3, 0.4) is 0 Å². The Morgan fingerprint density at radius 3 is 2.88 bits per heavy atom. The molecular formula is C11H14ClN3O. The zero-order valence-corrected chi connectivity index (χ0v) is 9.79. The largest absolute Gasteiger partial charge is 0.382 e. The van der Waals surface area contributed by atoms with Crippen LogP contribution in [0.15, 0.2) is 12.3 Å². The first-order valence-corrected chi connectivity index (χ1v) is 5.66. The van der Waals surface area contributed by atoms with E-state index in [0.29, 0.717) is 22.5 Å². The van der Waals surface area contributed by atoms with Crippen molar-refractivity contribution in [3.05, 3.63) is 22.8 Å². The van der Waals surface area contributed by atoms with E-state index in [1.165, 1.54) is 6.20 Å². The molecule has 0 bridgehead atoms. The first-order chi connectivity index (χ1) is 7.56. The molecule has 1 aliphatic carbocycles. The van der Waals surface area contributed by atoms with Gasteiger partial charge in [0.1, 0.15) is 5.82 Å². The molecule has 1 heterocycles. The van der Waals surface area contributed by atoms with Gasteiger partial charge in [0.25, 0.3) is 5.91 Å². The van der Waals surface area contributed by atoms with E-state index in [9.17, 15) is 4.79 Å². The minimum absolute atomic E-state index is 0.133. The van der Waals surface area contributed by atoms with Gasteiger partial charge in [0.15, 0.2) is 0 Å². The third-order valence-corrected chi connectivity index (χ3v) is 3.14. The van der Waals surface area contributed by atoms with Crippen LogP contribution in [0, 0.1) is 5.92 Å². The quantitative estimate of drug-likeness (QED) is 0.828. The molecule has 1 fully saturated rings. The molecule has 2 rings (SSSR count). The van der Waals surface area contributed by atoms with Gasteiger partial charge in [-0.05, 0) is 24.8 Å². The van der Waals surface area contributed by atoms with E-state index >= 15 is 0 Å². The van der Waals surface area contributed by atoms with E-state index in [1.54, 1.807) is 6.07 Å². The summed E-state index contributed by atoms with van der Waals surface area (Å²) in [4.78, 5) is 15.6. The molecule has 0 unspecified atom stereocenters. The Balaban J connectivity index is 2.01.